The van der Waals surface area contributed by atoms with E-state index in [-0.39, 0.29) is 11.2 Å². The molecule has 7 heteroatoms. The largest absolute Gasteiger partial charge is 0.478 e. The van der Waals surface area contributed by atoms with Gasteiger partial charge in [-0.15, -0.1) is 0 Å². The topological polar surface area (TPSA) is 63.1 Å². The maximum absolute atomic E-state index is 12.4. The van der Waals surface area contributed by atoms with Gasteiger partial charge in [0.1, 0.15) is 5.69 Å². The number of nitrogens with zero attached hydrogens (tertiary/aromatic N) is 2. The lowest BCUT2D eigenvalue weighted by Gasteiger charge is -2.08. The Morgan fingerprint density at radius 2 is 2.00 bits per heavy atom. The van der Waals surface area contributed by atoms with Gasteiger partial charge in [0.25, 0.3) is 0 Å². The second-order valence-corrected chi connectivity index (χ2v) is 3.67. The number of rotatable bonds is 1. The maximum atomic E-state index is 12.4. The van der Waals surface area contributed by atoms with Crippen LogP contribution in [-0.4, -0.2) is 21.0 Å². The summed E-state index contributed by atoms with van der Waals surface area (Å²) in [6.45, 7) is 1.50. The fourth-order valence-electron chi connectivity index (χ4n) is 1.58. The van der Waals surface area contributed by atoms with Crippen LogP contribution in [0, 0.1) is 6.92 Å². The Morgan fingerprint density at radius 1 is 1.33 bits per heavy atom. The molecular formula is C11H7F3N2O2. The van der Waals surface area contributed by atoms with Gasteiger partial charge in [-0.25, -0.2) is 14.8 Å². The molecule has 0 saturated carbocycles. The number of pyridine rings is 2. The number of halogens is 3. The van der Waals surface area contributed by atoms with Crippen LogP contribution in [0.5, 0.6) is 0 Å². The summed E-state index contributed by atoms with van der Waals surface area (Å²) in [4.78, 5) is 17.9. The van der Waals surface area contributed by atoms with E-state index in [1.165, 1.54) is 13.0 Å². The van der Waals surface area contributed by atoms with Gasteiger partial charge in [0.15, 0.2) is 5.65 Å². The minimum atomic E-state index is -4.55. The van der Waals surface area contributed by atoms with E-state index in [4.69, 9.17) is 5.11 Å². The summed E-state index contributed by atoms with van der Waals surface area (Å²) in [6, 6.07) is 1.99. The molecule has 0 radical (unpaired) electrons. The third-order valence-corrected chi connectivity index (χ3v) is 2.52. The molecule has 0 aliphatic heterocycles. The van der Waals surface area contributed by atoms with Crippen molar-refractivity contribution in [2.24, 2.45) is 0 Å². The number of carboxylic acids is 1. The first-order valence-corrected chi connectivity index (χ1v) is 4.87. The van der Waals surface area contributed by atoms with Crippen LogP contribution in [0.4, 0.5) is 13.2 Å². The van der Waals surface area contributed by atoms with Crippen molar-refractivity contribution in [1.29, 1.82) is 0 Å². The van der Waals surface area contributed by atoms with Crippen LogP contribution >= 0.6 is 0 Å². The van der Waals surface area contributed by atoms with Gasteiger partial charge in [-0.05, 0) is 24.6 Å². The molecule has 2 rings (SSSR count). The summed E-state index contributed by atoms with van der Waals surface area (Å²) in [5, 5.41) is 9.16. The lowest BCUT2D eigenvalue weighted by Crippen LogP contribution is -2.09. The second kappa shape index (κ2) is 3.94. The zero-order valence-electron chi connectivity index (χ0n) is 9.12. The normalized spacial score (nSPS) is 11.8. The Kier molecular flexibility index (Phi) is 2.68. The number of hydrogen-bond donors (Lipinski definition) is 1. The third kappa shape index (κ3) is 1.99. The smallest absolute Gasteiger partial charge is 0.433 e. The van der Waals surface area contributed by atoms with Gasteiger partial charge in [-0.2, -0.15) is 13.2 Å². The predicted molar refractivity (Wildman–Crippen MR) is 56.2 cm³/mol. The number of fused-ring (bicyclic) bond motifs is 1. The molecule has 2 heterocycles. The molecule has 0 aliphatic rings. The molecule has 0 saturated heterocycles. The van der Waals surface area contributed by atoms with E-state index in [9.17, 15) is 18.0 Å². The van der Waals surface area contributed by atoms with Gasteiger partial charge in [-0.1, -0.05) is 0 Å². The highest BCUT2D eigenvalue weighted by Gasteiger charge is 2.32. The number of aryl methyl sites for hydroxylation is 1. The SMILES string of the molecule is Cc1c(C(=O)O)cnc2nc(C(F)(F)F)ccc12. The molecule has 2 aromatic rings. The minimum absolute atomic E-state index is 0.0518. The standard InChI is InChI=1S/C11H7F3N2O2/c1-5-6-2-3-8(11(12,13)14)16-9(6)15-4-7(5)10(17)18/h2-4H,1H3,(H,17,18). The average Bonchev–Trinajstić information content (AvgIpc) is 2.27. The summed E-state index contributed by atoms with van der Waals surface area (Å²) < 4.78 is 37.3. The first-order valence-electron chi connectivity index (χ1n) is 4.87. The van der Waals surface area contributed by atoms with Crippen molar-refractivity contribution in [3.8, 4) is 0 Å². The molecule has 0 unspecified atom stereocenters. The molecule has 18 heavy (non-hydrogen) atoms. The van der Waals surface area contributed by atoms with Gasteiger partial charge in [0, 0.05) is 11.6 Å². The third-order valence-electron chi connectivity index (χ3n) is 2.52. The Bertz CT molecular complexity index is 638. The number of alkyl halides is 3. The molecule has 0 atom stereocenters. The Labute approximate surface area is 99.1 Å². The highest BCUT2D eigenvalue weighted by molar-refractivity contribution is 5.94. The van der Waals surface area contributed by atoms with Gasteiger partial charge in [0.05, 0.1) is 5.56 Å². The van der Waals surface area contributed by atoms with E-state index in [0.29, 0.717) is 10.9 Å². The first-order chi connectivity index (χ1) is 8.30. The summed E-state index contributed by atoms with van der Waals surface area (Å²) in [5.41, 5.74) is -0.880. The van der Waals surface area contributed by atoms with Gasteiger partial charge < -0.3 is 5.11 Å². The quantitative estimate of drug-likeness (QED) is 0.851. The summed E-state index contributed by atoms with van der Waals surface area (Å²) in [6.07, 6.45) is -3.54. The number of aromatic nitrogens is 2. The van der Waals surface area contributed by atoms with E-state index in [2.05, 4.69) is 9.97 Å². The van der Waals surface area contributed by atoms with Crippen LogP contribution in [0.15, 0.2) is 18.3 Å². The zero-order chi connectivity index (χ0) is 13.5. The molecule has 0 aliphatic carbocycles. The summed E-state index contributed by atoms with van der Waals surface area (Å²) in [7, 11) is 0. The van der Waals surface area contributed by atoms with Crippen molar-refractivity contribution in [3.05, 3.63) is 35.2 Å². The van der Waals surface area contributed by atoms with Crippen molar-refractivity contribution in [1.82, 2.24) is 9.97 Å². The van der Waals surface area contributed by atoms with Crippen molar-refractivity contribution in [2.75, 3.05) is 0 Å². The lowest BCUT2D eigenvalue weighted by molar-refractivity contribution is -0.141. The molecule has 4 nitrogen and oxygen atoms in total. The lowest BCUT2D eigenvalue weighted by atomic mass is 10.1. The molecule has 0 aromatic carbocycles. The highest BCUT2D eigenvalue weighted by atomic mass is 19.4. The summed E-state index contributed by atoms with van der Waals surface area (Å²) in [5.74, 6) is -1.18. The van der Waals surface area contributed by atoms with Gasteiger partial charge in [0.2, 0.25) is 0 Å². The number of carboxylic acid groups (broad SMARTS) is 1. The Hall–Kier alpha value is -2.18. The van der Waals surface area contributed by atoms with Crippen LogP contribution in [0.25, 0.3) is 11.0 Å². The highest BCUT2D eigenvalue weighted by Crippen LogP contribution is 2.29. The Morgan fingerprint density at radius 3 is 2.56 bits per heavy atom. The predicted octanol–water partition coefficient (Wildman–Crippen LogP) is 2.66. The van der Waals surface area contributed by atoms with Crippen molar-refractivity contribution < 1.29 is 23.1 Å². The minimum Gasteiger partial charge on any atom is -0.478 e. The molecule has 0 bridgehead atoms. The van der Waals surface area contributed by atoms with E-state index in [1.807, 2.05) is 0 Å². The zero-order valence-corrected chi connectivity index (χ0v) is 9.12. The molecular weight excluding hydrogens is 249 g/mol. The average molecular weight is 256 g/mol. The second-order valence-electron chi connectivity index (χ2n) is 3.67. The maximum Gasteiger partial charge on any atom is 0.433 e. The van der Waals surface area contributed by atoms with Crippen molar-refractivity contribution in [2.45, 2.75) is 13.1 Å². The molecule has 0 fully saturated rings. The van der Waals surface area contributed by atoms with Crippen LogP contribution in [0.1, 0.15) is 21.6 Å². The van der Waals surface area contributed by atoms with Gasteiger partial charge >= 0.3 is 12.1 Å². The van der Waals surface area contributed by atoms with Crippen molar-refractivity contribution in [3.63, 3.8) is 0 Å². The molecule has 0 spiro atoms. The number of hydrogen-bond acceptors (Lipinski definition) is 3. The molecule has 0 amide bonds. The van der Waals surface area contributed by atoms with Gasteiger partial charge in [-0.3, -0.25) is 0 Å². The number of carbonyl (C=O) groups is 1. The monoisotopic (exact) mass is 256 g/mol. The van der Waals surface area contributed by atoms with Crippen molar-refractivity contribution >= 4 is 17.0 Å². The first kappa shape index (κ1) is 12.3. The van der Waals surface area contributed by atoms with Crippen LogP contribution in [0.3, 0.4) is 0 Å². The van der Waals surface area contributed by atoms with E-state index >= 15 is 0 Å². The fourth-order valence-corrected chi connectivity index (χ4v) is 1.58. The van der Waals surface area contributed by atoms with E-state index in [1.54, 1.807) is 0 Å². The molecule has 94 valence electrons. The van der Waals surface area contributed by atoms with E-state index in [0.717, 1.165) is 12.3 Å². The van der Waals surface area contributed by atoms with Crippen LogP contribution < -0.4 is 0 Å². The van der Waals surface area contributed by atoms with Crippen LogP contribution in [0.2, 0.25) is 0 Å². The van der Waals surface area contributed by atoms with E-state index < -0.39 is 17.8 Å². The number of aromatic carboxylic acids is 1. The van der Waals surface area contributed by atoms with Crippen LogP contribution in [-0.2, 0) is 6.18 Å². The molecule has 2 aromatic heterocycles. The Balaban J connectivity index is 2.69. The summed E-state index contributed by atoms with van der Waals surface area (Å²) >= 11 is 0. The fraction of sp³-hybridized carbons (Fsp3) is 0.182. The molecule has 1 N–H and O–H groups in total.